The minimum Gasteiger partial charge on any atom is -0.369 e. The van der Waals surface area contributed by atoms with Crippen LogP contribution in [0.3, 0.4) is 0 Å². The largest absolute Gasteiger partial charge is 0.369 e. The molecule has 136 valence electrons. The van der Waals surface area contributed by atoms with Gasteiger partial charge in [-0.15, -0.1) is 0 Å². The molecule has 3 aliphatic rings. The van der Waals surface area contributed by atoms with Crippen molar-refractivity contribution >= 4 is 11.6 Å². The number of hydrogen-bond acceptors (Lipinski definition) is 4. The molecule has 1 aliphatic carbocycles. The van der Waals surface area contributed by atoms with Gasteiger partial charge in [-0.25, -0.2) is 18.7 Å². The molecule has 0 N–H and O–H groups in total. The van der Waals surface area contributed by atoms with Crippen molar-refractivity contribution in [2.45, 2.75) is 44.4 Å². The van der Waals surface area contributed by atoms with Gasteiger partial charge in [-0.1, -0.05) is 0 Å². The molecule has 1 aromatic rings. The summed E-state index contributed by atoms with van der Waals surface area (Å²) in [6.07, 6.45) is 8.80. The van der Waals surface area contributed by atoms with Crippen molar-refractivity contribution in [1.29, 1.82) is 0 Å². The third kappa shape index (κ3) is 3.33. The third-order valence-corrected chi connectivity index (χ3v) is 6.15. The Morgan fingerprint density at radius 1 is 1.08 bits per heavy atom. The molecule has 2 aliphatic heterocycles. The van der Waals surface area contributed by atoms with Crippen molar-refractivity contribution in [3.63, 3.8) is 0 Å². The van der Waals surface area contributed by atoms with Crippen LogP contribution in [0.25, 0.3) is 0 Å². The van der Waals surface area contributed by atoms with E-state index >= 15 is 0 Å². The van der Waals surface area contributed by atoms with Crippen molar-refractivity contribution in [2.24, 2.45) is 11.3 Å². The molecule has 5 nitrogen and oxygen atoms in total. The molecule has 2 saturated heterocycles. The van der Waals surface area contributed by atoms with Gasteiger partial charge in [0.2, 0.25) is 11.8 Å². The second kappa shape index (κ2) is 6.18. The summed E-state index contributed by atoms with van der Waals surface area (Å²) in [6, 6.07) is 0. The van der Waals surface area contributed by atoms with Crippen molar-refractivity contribution in [2.75, 3.05) is 31.1 Å². The molecule has 0 aromatic carbocycles. The summed E-state index contributed by atoms with van der Waals surface area (Å²) >= 11 is 0. The van der Waals surface area contributed by atoms with Crippen LogP contribution in [0.1, 0.15) is 38.5 Å². The van der Waals surface area contributed by atoms with Crippen LogP contribution in [0, 0.1) is 11.3 Å². The van der Waals surface area contributed by atoms with Crippen LogP contribution < -0.4 is 4.90 Å². The summed E-state index contributed by atoms with van der Waals surface area (Å²) in [7, 11) is 0. The second-order valence-corrected chi connectivity index (χ2v) is 7.91. The van der Waals surface area contributed by atoms with Gasteiger partial charge in [0.05, 0.1) is 18.1 Å². The number of hydrogen-bond donors (Lipinski definition) is 0. The van der Waals surface area contributed by atoms with Crippen LogP contribution in [0.4, 0.5) is 14.5 Å². The summed E-state index contributed by atoms with van der Waals surface area (Å²) in [4.78, 5) is 24.9. The van der Waals surface area contributed by atoms with Crippen molar-refractivity contribution in [3.8, 4) is 0 Å². The number of alkyl halides is 2. The quantitative estimate of drug-likeness (QED) is 0.823. The van der Waals surface area contributed by atoms with E-state index in [1.807, 2.05) is 17.3 Å². The summed E-state index contributed by atoms with van der Waals surface area (Å²) in [6.45, 7) is 3.31. The number of carbonyl (C=O) groups is 1. The summed E-state index contributed by atoms with van der Waals surface area (Å²) < 4.78 is 26.2. The zero-order valence-corrected chi connectivity index (χ0v) is 14.3. The van der Waals surface area contributed by atoms with Crippen LogP contribution in [0.5, 0.6) is 0 Å². The number of rotatable bonds is 2. The molecule has 3 heterocycles. The third-order valence-electron chi connectivity index (χ3n) is 6.15. The minimum absolute atomic E-state index is 0.0520. The first kappa shape index (κ1) is 16.7. The highest BCUT2D eigenvalue weighted by atomic mass is 19.3. The molecular weight excluding hydrogens is 326 g/mol. The SMILES string of the molecule is O=C(C1CC(F)(F)C1)N1CCCC2(CCN(c3cncnc3)CC2)C1. The van der Waals surface area contributed by atoms with Crippen LogP contribution in [0.2, 0.25) is 0 Å². The van der Waals surface area contributed by atoms with Gasteiger partial charge in [-0.05, 0) is 31.1 Å². The van der Waals surface area contributed by atoms with E-state index in [9.17, 15) is 13.6 Å². The normalized spacial score (nSPS) is 25.7. The first-order chi connectivity index (χ1) is 12.0. The molecule has 1 aromatic heterocycles. The summed E-state index contributed by atoms with van der Waals surface area (Å²) in [5, 5.41) is 0. The van der Waals surface area contributed by atoms with Crippen molar-refractivity contribution in [1.82, 2.24) is 14.9 Å². The number of piperidine rings is 2. The van der Waals surface area contributed by atoms with Gasteiger partial charge >= 0.3 is 0 Å². The zero-order valence-electron chi connectivity index (χ0n) is 14.3. The summed E-state index contributed by atoms with van der Waals surface area (Å²) in [5.74, 6) is -3.15. The second-order valence-electron chi connectivity index (χ2n) is 7.91. The Kier molecular flexibility index (Phi) is 4.12. The Bertz CT molecular complexity index is 623. The maximum atomic E-state index is 13.1. The van der Waals surface area contributed by atoms with E-state index in [1.165, 1.54) is 6.33 Å². The van der Waals surface area contributed by atoms with E-state index in [1.54, 1.807) is 0 Å². The number of halogens is 2. The van der Waals surface area contributed by atoms with E-state index in [0.717, 1.165) is 57.5 Å². The molecule has 1 amide bonds. The predicted molar refractivity (Wildman–Crippen MR) is 89.4 cm³/mol. The molecule has 25 heavy (non-hydrogen) atoms. The lowest BCUT2D eigenvalue weighted by Crippen LogP contribution is -2.54. The average Bonchev–Trinajstić information content (AvgIpc) is 2.60. The fraction of sp³-hybridized carbons (Fsp3) is 0.722. The van der Waals surface area contributed by atoms with Crippen molar-refractivity contribution in [3.05, 3.63) is 18.7 Å². The number of anilines is 1. The fourth-order valence-electron chi connectivity index (χ4n) is 4.59. The zero-order chi connectivity index (χ0) is 17.5. The maximum Gasteiger partial charge on any atom is 0.249 e. The van der Waals surface area contributed by atoms with Gasteiger partial charge in [0.25, 0.3) is 0 Å². The maximum absolute atomic E-state index is 13.1. The lowest BCUT2D eigenvalue weighted by atomic mass is 9.71. The average molecular weight is 350 g/mol. The van der Waals surface area contributed by atoms with Gasteiger partial charge < -0.3 is 9.80 Å². The standard InChI is InChI=1S/C18H24F2N4O/c19-18(20)8-14(9-18)16(25)24-5-1-2-17(12-24)3-6-23(7-4-17)15-10-21-13-22-11-15/h10-11,13-14H,1-9,12H2. The van der Waals surface area contributed by atoms with Crippen molar-refractivity contribution < 1.29 is 13.6 Å². The fourth-order valence-corrected chi connectivity index (χ4v) is 4.59. The Morgan fingerprint density at radius 2 is 1.76 bits per heavy atom. The smallest absolute Gasteiger partial charge is 0.249 e. The molecule has 0 unspecified atom stereocenters. The van der Waals surface area contributed by atoms with E-state index < -0.39 is 11.8 Å². The first-order valence-electron chi connectivity index (χ1n) is 9.13. The minimum atomic E-state index is -2.63. The van der Waals surface area contributed by atoms with E-state index in [4.69, 9.17) is 0 Å². The van der Waals surface area contributed by atoms with E-state index in [2.05, 4.69) is 14.9 Å². The molecule has 0 atom stereocenters. The number of carbonyl (C=O) groups excluding carboxylic acids is 1. The van der Waals surface area contributed by atoms with Crippen LogP contribution in [-0.2, 0) is 4.79 Å². The van der Waals surface area contributed by atoms with Gasteiger partial charge in [0.1, 0.15) is 6.33 Å². The molecular formula is C18H24F2N4O. The number of nitrogens with zero attached hydrogens (tertiary/aromatic N) is 4. The lowest BCUT2D eigenvalue weighted by Gasteiger charge is -2.49. The number of likely N-dealkylation sites (tertiary alicyclic amines) is 1. The molecule has 0 radical (unpaired) electrons. The van der Waals surface area contributed by atoms with Crippen LogP contribution in [0.15, 0.2) is 18.7 Å². The van der Waals surface area contributed by atoms with E-state index in [-0.39, 0.29) is 24.2 Å². The molecule has 0 bridgehead atoms. The van der Waals surface area contributed by atoms with Gasteiger partial charge in [0, 0.05) is 44.9 Å². The number of amides is 1. The Balaban J connectivity index is 1.36. The highest BCUT2D eigenvalue weighted by molar-refractivity contribution is 5.80. The van der Waals surface area contributed by atoms with Crippen LogP contribution in [-0.4, -0.2) is 52.9 Å². The van der Waals surface area contributed by atoms with Crippen LogP contribution >= 0.6 is 0 Å². The van der Waals surface area contributed by atoms with E-state index in [0.29, 0.717) is 0 Å². The molecule has 1 spiro atoms. The lowest BCUT2D eigenvalue weighted by molar-refractivity contribution is -0.163. The Hall–Kier alpha value is -1.79. The predicted octanol–water partition coefficient (Wildman–Crippen LogP) is 2.73. The molecule has 7 heteroatoms. The highest BCUT2D eigenvalue weighted by Gasteiger charge is 2.51. The number of aromatic nitrogens is 2. The Labute approximate surface area is 146 Å². The van der Waals surface area contributed by atoms with Gasteiger partial charge in [0.15, 0.2) is 0 Å². The van der Waals surface area contributed by atoms with Gasteiger partial charge in [-0.2, -0.15) is 0 Å². The molecule has 4 rings (SSSR count). The van der Waals surface area contributed by atoms with Gasteiger partial charge in [-0.3, -0.25) is 4.79 Å². The first-order valence-corrected chi connectivity index (χ1v) is 9.13. The molecule has 3 fully saturated rings. The summed E-state index contributed by atoms with van der Waals surface area (Å²) in [5.41, 5.74) is 1.18. The highest BCUT2D eigenvalue weighted by Crippen LogP contribution is 2.45. The topological polar surface area (TPSA) is 49.3 Å². The monoisotopic (exact) mass is 350 g/mol. The Morgan fingerprint density at radius 3 is 2.40 bits per heavy atom. The molecule has 1 saturated carbocycles.